The highest BCUT2D eigenvalue weighted by molar-refractivity contribution is 5.94. The first-order valence-electron chi connectivity index (χ1n) is 7.73. The number of hydrogen-bond donors (Lipinski definition) is 2. The summed E-state index contributed by atoms with van der Waals surface area (Å²) < 4.78 is 0. The summed E-state index contributed by atoms with van der Waals surface area (Å²) in [5.41, 5.74) is 1.60. The number of carbonyl (C=O) groups excluding carboxylic acids is 1. The van der Waals surface area contributed by atoms with Gasteiger partial charge in [-0.25, -0.2) is 4.98 Å². The molecule has 0 aromatic carbocycles. The number of rotatable bonds is 9. The summed E-state index contributed by atoms with van der Waals surface area (Å²) in [6.45, 7) is 5.75. The fraction of sp³-hybridized carbons (Fsp3) is 0.625. The van der Waals surface area contributed by atoms with Gasteiger partial charge in [0.25, 0.3) is 5.91 Å². The number of anilines is 1. The number of nitrogens with zero attached hydrogens (tertiary/aromatic N) is 2. The van der Waals surface area contributed by atoms with Crippen molar-refractivity contribution in [1.29, 1.82) is 0 Å². The molecule has 5 heteroatoms. The van der Waals surface area contributed by atoms with E-state index in [1.807, 2.05) is 33.0 Å². The first-order valence-corrected chi connectivity index (χ1v) is 7.73. The predicted octanol–water partition coefficient (Wildman–Crippen LogP) is 2.31. The molecule has 0 fully saturated rings. The molecule has 0 atom stereocenters. The maximum atomic E-state index is 12.5. The van der Waals surface area contributed by atoms with E-state index >= 15 is 0 Å². The van der Waals surface area contributed by atoms with Gasteiger partial charge in [0, 0.05) is 38.0 Å². The Morgan fingerprint density at radius 2 is 2.05 bits per heavy atom. The molecule has 21 heavy (non-hydrogen) atoms. The van der Waals surface area contributed by atoms with Crippen LogP contribution in [0.5, 0.6) is 0 Å². The molecule has 0 spiro atoms. The lowest BCUT2D eigenvalue weighted by Crippen LogP contribution is -2.28. The van der Waals surface area contributed by atoms with Gasteiger partial charge in [-0.05, 0) is 44.7 Å². The summed E-state index contributed by atoms with van der Waals surface area (Å²) in [6.07, 6.45) is 3.45. The quantitative estimate of drug-likeness (QED) is 0.686. The van der Waals surface area contributed by atoms with Crippen LogP contribution >= 0.6 is 0 Å². The second kappa shape index (κ2) is 9.34. The molecule has 1 aromatic rings. The summed E-state index contributed by atoms with van der Waals surface area (Å²) in [6, 6.07) is 3.68. The monoisotopic (exact) mass is 293 g/mol. The fourth-order valence-electron chi connectivity index (χ4n) is 2.12. The highest BCUT2D eigenvalue weighted by Crippen LogP contribution is 2.13. The van der Waals surface area contributed by atoms with Gasteiger partial charge >= 0.3 is 0 Å². The number of carbonyl (C=O) groups is 1. The van der Waals surface area contributed by atoms with Gasteiger partial charge in [0.05, 0.1) is 0 Å². The van der Waals surface area contributed by atoms with Crippen LogP contribution in [0.3, 0.4) is 0 Å². The molecule has 0 saturated carbocycles. The zero-order chi connectivity index (χ0) is 15.7. The molecule has 0 saturated heterocycles. The van der Waals surface area contributed by atoms with E-state index < -0.39 is 0 Å². The van der Waals surface area contributed by atoms with E-state index in [1.54, 1.807) is 4.90 Å². The fourth-order valence-corrected chi connectivity index (χ4v) is 2.12. The van der Waals surface area contributed by atoms with Crippen molar-refractivity contribution in [3.8, 4) is 0 Å². The van der Waals surface area contributed by atoms with Crippen LogP contribution in [0.2, 0.25) is 0 Å². The molecular formula is C16H27N3O2. The molecular weight excluding hydrogens is 266 g/mol. The maximum Gasteiger partial charge on any atom is 0.253 e. The van der Waals surface area contributed by atoms with E-state index in [-0.39, 0.29) is 12.5 Å². The summed E-state index contributed by atoms with van der Waals surface area (Å²) in [7, 11) is 1.82. The number of nitrogens with one attached hydrogen (secondary N) is 1. The van der Waals surface area contributed by atoms with Gasteiger partial charge in [-0.3, -0.25) is 4.79 Å². The molecule has 1 aromatic heterocycles. The molecule has 0 aliphatic heterocycles. The second-order valence-electron chi connectivity index (χ2n) is 5.13. The third-order valence-corrected chi connectivity index (χ3v) is 3.34. The van der Waals surface area contributed by atoms with Crippen LogP contribution in [0.4, 0.5) is 5.82 Å². The lowest BCUT2D eigenvalue weighted by atomic mass is 10.1. The van der Waals surface area contributed by atoms with Crippen LogP contribution in [0, 0.1) is 0 Å². The largest absolute Gasteiger partial charge is 0.396 e. The van der Waals surface area contributed by atoms with Gasteiger partial charge in [-0.2, -0.15) is 0 Å². The topological polar surface area (TPSA) is 65.5 Å². The molecule has 0 radical (unpaired) electrons. The summed E-state index contributed by atoms with van der Waals surface area (Å²) in [5, 5.41) is 11.9. The van der Waals surface area contributed by atoms with Gasteiger partial charge in [-0.1, -0.05) is 6.92 Å². The number of aliphatic hydroxyl groups is 1. The number of hydrogen-bond acceptors (Lipinski definition) is 4. The van der Waals surface area contributed by atoms with Gasteiger partial charge in [0.15, 0.2) is 0 Å². The van der Waals surface area contributed by atoms with Crippen molar-refractivity contribution in [2.45, 2.75) is 39.5 Å². The van der Waals surface area contributed by atoms with Crippen LogP contribution in [-0.4, -0.2) is 47.6 Å². The normalized spacial score (nSPS) is 10.5. The first kappa shape index (κ1) is 17.4. The molecule has 5 nitrogen and oxygen atoms in total. The van der Waals surface area contributed by atoms with Crippen LogP contribution in [0.25, 0.3) is 0 Å². The molecule has 0 aliphatic carbocycles. The number of amides is 1. The highest BCUT2D eigenvalue weighted by atomic mass is 16.2. The molecule has 118 valence electrons. The summed E-state index contributed by atoms with van der Waals surface area (Å²) >= 11 is 0. The van der Waals surface area contributed by atoms with Gasteiger partial charge in [0.2, 0.25) is 0 Å². The van der Waals surface area contributed by atoms with Gasteiger partial charge in [0.1, 0.15) is 5.82 Å². The van der Waals surface area contributed by atoms with E-state index in [4.69, 9.17) is 5.11 Å². The number of aliphatic hydroxyl groups excluding tert-OH is 1. The Kier molecular flexibility index (Phi) is 7.75. The van der Waals surface area contributed by atoms with Crippen LogP contribution in [-0.2, 0) is 6.42 Å². The Morgan fingerprint density at radius 1 is 1.29 bits per heavy atom. The molecule has 2 N–H and O–H groups in total. The standard InChI is InChI=1S/C16H27N3O2/c1-4-14-11-13(12-15(18-14)17-5-2)16(21)19(3)9-7-6-8-10-20/h11-12,20H,4-10H2,1-3H3,(H,17,18). The first-order chi connectivity index (χ1) is 10.1. The number of unbranched alkanes of at least 4 members (excludes halogenated alkanes) is 2. The van der Waals surface area contributed by atoms with Crippen molar-refractivity contribution in [3.05, 3.63) is 23.4 Å². The van der Waals surface area contributed by atoms with E-state index in [2.05, 4.69) is 10.3 Å². The van der Waals surface area contributed by atoms with Crippen molar-refractivity contribution >= 4 is 11.7 Å². The summed E-state index contributed by atoms with van der Waals surface area (Å²) in [4.78, 5) is 18.7. The minimum absolute atomic E-state index is 0.0234. The molecule has 0 bridgehead atoms. The van der Waals surface area contributed by atoms with E-state index in [1.165, 1.54) is 0 Å². The van der Waals surface area contributed by atoms with Crippen LogP contribution < -0.4 is 5.32 Å². The number of pyridine rings is 1. The minimum Gasteiger partial charge on any atom is -0.396 e. The molecule has 0 aliphatic rings. The SMILES string of the molecule is CCNc1cc(C(=O)N(C)CCCCCO)cc(CC)n1. The average molecular weight is 293 g/mol. The molecule has 1 amide bonds. The van der Waals surface area contributed by atoms with E-state index in [0.29, 0.717) is 12.1 Å². The lowest BCUT2D eigenvalue weighted by molar-refractivity contribution is 0.0792. The number of aryl methyl sites for hydroxylation is 1. The van der Waals surface area contributed by atoms with Crippen molar-refractivity contribution in [2.75, 3.05) is 32.1 Å². The van der Waals surface area contributed by atoms with Crippen LogP contribution in [0.15, 0.2) is 12.1 Å². The van der Waals surface area contributed by atoms with Crippen molar-refractivity contribution in [1.82, 2.24) is 9.88 Å². The number of aromatic nitrogens is 1. The van der Waals surface area contributed by atoms with Gasteiger partial charge in [-0.15, -0.1) is 0 Å². The average Bonchev–Trinajstić information content (AvgIpc) is 2.50. The van der Waals surface area contributed by atoms with Crippen molar-refractivity contribution in [3.63, 3.8) is 0 Å². The minimum atomic E-state index is 0.0234. The third-order valence-electron chi connectivity index (χ3n) is 3.34. The van der Waals surface area contributed by atoms with Crippen LogP contribution in [0.1, 0.15) is 49.2 Å². The third kappa shape index (κ3) is 5.71. The smallest absolute Gasteiger partial charge is 0.253 e. The molecule has 1 rings (SSSR count). The highest BCUT2D eigenvalue weighted by Gasteiger charge is 2.13. The predicted molar refractivity (Wildman–Crippen MR) is 85.7 cm³/mol. The van der Waals surface area contributed by atoms with Gasteiger partial charge < -0.3 is 15.3 Å². The zero-order valence-electron chi connectivity index (χ0n) is 13.4. The summed E-state index contributed by atoms with van der Waals surface area (Å²) in [5.74, 6) is 0.782. The Labute approximate surface area is 127 Å². The second-order valence-corrected chi connectivity index (χ2v) is 5.13. The zero-order valence-corrected chi connectivity index (χ0v) is 13.4. The maximum absolute atomic E-state index is 12.5. The Bertz CT molecular complexity index is 449. The lowest BCUT2D eigenvalue weighted by Gasteiger charge is -2.18. The van der Waals surface area contributed by atoms with E-state index in [0.717, 1.165) is 43.7 Å². The Hall–Kier alpha value is -1.62. The Morgan fingerprint density at radius 3 is 2.67 bits per heavy atom. The van der Waals surface area contributed by atoms with Crippen molar-refractivity contribution < 1.29 is 9.90 Å². The Balaban J connectivity index is 2.73. The molecule has 1 heterocycles. The van der Waals surface area contributed by atoms with E-state index in [9.17, 15) is 4.79 Å². The molecule has 0 unspecified atom stereocenters. The van der Waals surface area contributed by atoms with Crippen molar-refractivity contribution in [2.24, 2.45) is 0 Å².